The van der Waals surface area contributed by atoms with Crippen molar-refractivity contribution in [3.8, 4) is 0 Å². The van der Waals surface area contributed by atoms with Crippen molar-refractivity contribution in [1.29, 1.82) is 0 Å². The van der Waals surface area contributed by atoms with E-state index in [4.69, 9.17) is 5.73 Å². The fourth-order valence-corrected chi connectivity index (χ4v) is 3.44. The van der Waals surface area contributed by atoms with Gasteiger partial charge in [0, 0.05) is 25.0 Å². The lowest BCUT2D eigenvalue weighted by molar-refractivity contribution is 0.542. The highest BCUT2D eigenvalue weighted by Crippen LogP contribution is 2.22. The molecule has 0 bridgehead atoms. The van der Waals surface area contributed by atoms with Crippen LogP contribution in [0.2, 0.25) is 0 Å². The second-order valence-electron chi connectivity index (χ2n) is 4.89. The minimum absolute atomic E-state index is 0.237. The van der Waals surface area contributed by atoms with Gasteiger partial charge in [0.1, 0.15) is 0 Å². The highest BCUT2D eigenvalue weighted by Gasteiger charge is 2.18. The second kappa shape index (κ2) is 6.23. The van der Waals surface area contributed by atoms with Gasteiger partial charge in [-0.25, -0.2) is 13.1 Å². The molecule has 7 nitrogen and oxygen atoms in total. The van der Waals surface area contributed by atoms with E-state index < -0.39 is 10.0 Å². The lowest BCUT2D eigenvalue weighted by Gasteiger charge is -2.12. The average molecular weight is 309 g/mol. The van der Waals surface area contributed by atoms with Gasteiger partial charge in [-0.1, -0.05) is 5.21 Å². The van der Waals surface area contributed by atoms with E-state index in [1.807, 2.05) is 6.92 Å². The number of rotatable bonds is 6. The third-order valence-electron chi connectivity index (χ3n) is 3.16. The zero-order valence-electron chi connectivity index (χ0n) is 12.1. The molecule has 0 aliphatic rings. The third-order valence-corrected chi connectivity index (χ3v) is 4.75. The number of anilines is 1. The lowest BCUT2D eigenvalue weighted by Crippen LogP contribution is -2.26. The molecule has 0 radical (unpaired) electrons. The van der Waals surface area contributed by atoms with Crippen LogP contribution in [0.25, 0.3) is 0 Å². The second-order valence-corrected chi connectivity index (χ2v) is 6.63. The van der Waals surface area contributed by atoms with Crippen molar-refractivity contribution in [2.24, 2.45) is 0 Å². The van der Waals surface area contributed by atoms with E-state index in [1.165, 1.54) is 0 Å². The van der Waals surface area contributed by atoms with Gasteiger partial charge in [-0.05, 0) is 43.5 Å². The molecule has 2 aromatic rings. The Kier molecular flexibility index (Phi) is 4.59. The van der Waals surface area contributed by atoms with Gasteiger partial charge in [0.25, 0.3) is 0 Å². The van der Waals surface area contributed by atoms with E-state index in [0.29, 0.717) is 30.8 Å². The highest BCUT2D eigenvalue weighted by molar-refractivity contribution is 7.89. The Balaban J connectivity index is 2.02. The largest absolute Gasteiger partial charge is 0.398 e. The molecular weight excluding hydrogens is 290 g/mol. The van der Waals surface area contributed by atoms with Crippen molar-refractivity contribution in [1.82, 2.24) is 19.7 Å². The van der Waals surface area contributed by atoms with Gasteiger partial charge in [-0.2, -0.15) is 0 Å². The molecule has 0 spiro atoms. The molecule has 0 atom stereocenters. The molecule has 1 aromatic heterocycles. The zero-order valence-corrected chi connectivity index (χ0v) is 12.9. The maximum Gasteiger partial charge on any atom is 0.240 e. The molecule has 114 valence electrons. The molecular formula is C13H19N5O2S. The number of benzene rings is 1. The van der Waals surface area contributed by atoms with E-state index in [-0.39, 0.29) is 4.90 Å². The van der Waals surface area contributed by atoms with Crippen LogP contribution in [0.4, 0.5) is 5.69 Å². The Labute approximate surface area is 124 Å². The molecule has 0 aliphatic carbocycles. The number of sulfonamides is 1. The van der Waals surface area contributed by atoms with Crippen LogP contribution in [0, 0.1) is 13.8 Å². The van der Waals surface area contributed by atoms with Crippen LogP contribution in [0.5, 0.6) is 0 Å². The van der Waals surface area contributed by atoms with Crippen molar-refractivity contribution in [2.45, 2.75) is 31.7 Å². The molecule has 8 heteroatoms. The standard InChI is InChI=1S/C13H19N5O2S/c1-10-8-12(14)11(2)13(9-10)21(19,20)16-4-3-6-18-7-5-15-17-18/h5,7-9,16H,3-4,6,14H2,1-2H3. The van der Waals surface area contributed by atoms with Gasteiger partial charge in [0.2, 0.25) is 10.0 Å². The Bertz CT molecular complexity index is 710. The van der Waals surface area contributed by atoms with E-state index in [9.17, 15) is 8.42 Å². The Morgan fingerprint density at radius 2 is 2.10 bits per heavy atom. The summed E-state index contributed by atoms with van der Waals surface area (Å²) in [4.78, 5) is 0.237. The maximum atomic E-state index is 12.3. The fraction of sp³-hybridized carbons (Fsp3) is 0.385. The van der Waals surface area contributed by atoms with Crippen molar-refractivity contribution >= 4 is 15.7 Å². The van der Waals surface area contributed by atoms with Gasteiger partial charge in [-0.15, -0.1) is 5.10 Å². The number of nitrogens with one attached hydrogen (secondary N) is 1. The van der Waals surface area contributed by atoms with Gasteiger partial charge >= 0.3 is 0 Å². The number of hydrogen-bond donors (Lipinski definition) is 2. The number of nitrogens with two attached hydrogens (primary N) is 1. The molecule has 0 saturated carbocycles. The summed E-state index contributed by atoms with van der Waals surface area (Å²) in [5.41, 5.74) is 7.70. The number of nitrogen functional groups attached to an aromatic ring is 1. The molecule has 1 aromatic carbocycles. The molecule has 0 fully saturated rings. The summed E-state index contributed by atoms with van der Waals surface area (Å²) in [6, 6.07) is 3.39. The predicted molar refractivity (Wildman–Crippen MR) is 80.2 cm³/mol. The number of hydrogen-bond acceptors (Lipinski definition) is 5. The smallest absolute Gasteiger partial charge is 0.240 e. The van der Waals surface area contributed by atoms with Gasteiger partial charge in [0.05, 0.1) is 11.1 Å². The van der Waals surface area contributed by atoms with Crippen molar-refractivity contribution in [3.63, 3.8) is 0 Å². The summed E-state index contributed by atoms with van der Waals surface area (Å²) >= 11 is 0. The minimum Gasteiger partial charge on any atom is -0.398 e. The molecule has 0 unspecified atom stereocenters. The van der Waals surface area contributed by atoms with Crippen LogP contribution in [0.3, 0.4) is 0 Å². The number of nitrogens with zero attached hydrogens (tertiary/aromatic N) is 3. The number of aryl methyl sites for hydroxylation is 2. The van der Waals surface area contributed by atoms with Crippen LogP contribution in [0.1, 0.15) is 17.5 Å². The summed E-state index contributed by atoms with van der Waals surface area (Å²) in [6.45, 7) is 4.46. The Morgan fingerprint density at radius 3 is 2.76 bits per heavy atom. The van der Waals surface area contributed by atoms with E-state index in [0.717, 1.165) is 5.56 Å². The molecule has 0 saturated heterocycles. The Hall–Kier alpha value is -1.93. The highest BCUT2D eigenvalue weighted by atomic mass is 32.2. The summed E-state index contributed by atoms with van der Waals surface area (Å²) in [7, 11) is -3.55. The van der Waals surface area contributed by atoms with E-state index in [1.54, 1.807) is 36.1 Å². The van der Waals surface area contributed by atoms with Crippen molar-refractivity contribution in [2.75, 3.05) is 12.3 Å². The van der Waals surface area contributed by atoms with Crippen LogP contribution < -0.4 is 10.5 Å². The monoisotopic (exact) mass is 309 g/mol. The fourth-order valence-electron chi connectivity index (χ4n) is 2.01. The van der Waals surface area contributed by atoms with Gasteiger partial charge < -0.3 is 5.73 Å². The third kappa shape index (κ3) is 3.79. The minimum atomic E-state index is -3.55. The molecule has 0 amide bonds. The summed E-state index contributed by atoms with van der Waals surface area (Å²) in [5.74, 6) is 0. The first-order chi connectivity index (χ1) is 9.90. The van der Waals surface area contributed by atoms with Crippen LogP contribution >= 0.6 is 0 Å². The van der Waals surface area contributed by atoms with Crippen molar-refractivity contribution < 1.29 is 8.42 Å². The molecule has 2 rings (SSSR count). The summed E-state index contributed by atoms with van der Waals surface area (Å²) in [5, 5.41) is 7.51. The average Bonchev–Trinajstić information content (AvgIpc) is 2.92. The SMILES string of the molecule is Cc1cc(N)c(C)c(S(=O)(=O)NCCCn2ccnn2)c1. The number of aromatic nitrogens is 3. The predicted octanol–water partition coefficient (Wildman–Crippen LogP) is 0.846. The van der Waals surface area contributed by atoms with Crippen LogP contribution in [-0.2, 0) is 16.6 Å². The first kappa shape index (κ1) is 15.5. The normalized spacial score (nSPS) is 11.7. The molecule has 21 heavy (non-hydrogen) atoms. The first-order valence-corrected chi connectivity index (χ1v) is 8.09. The van der Waals surface area contributed by atoms with E-state index in [2.05, 4.69) is 15.0 Å². The van der Waals surface area contributed by atoms with Gasteiger partial charge in [-0.3, -0.25) is 4.68 Å². The van der Waals surface area contributed by atoms with E-state index >= 15 is 0 Å². The lowest BCUT2D eigenvalue weighted by atomic mass is 10.1. The maximum absolute atomic E-state index is 12.3. The van der Waals surface area contributed by atoms with Crippen molar-refractivity contribution in [3.05, 3.63) is 35.7 Å². The topological polar surface area (TPSA) is 103 Å². The Morgan fingerprint density at radius 1 is 1.33 bits per heavy atom. The summed E-state index contributed by atoms with van der Waals surface area (Å²) in [6.07, 6.45) is 3.95. The first-order valence-electron chi connectivity index (χ1n) is 6.60. The summed E-state index contributed by atoms with van der Waals surface area (Å²) < 4.78 is 28.9. The van der Waals surface area contributed by atoms with Crippen LogP contribution in [0.15, 0.2) is 29.4 Å². The quantitative estimate of drug-likeness (QED) is 0.608. The molecule has 1 heterocycles. The zero-order chi connectivity index (χ0) is 15.5. The van der Waals surface area contributed by atoms with Gasteiger partial charge in [0.15, 0.2) is 0 Å². The molecule has 3 N–H and O–H groups in total. The van der Waals surface area contributed by atoms with Crippen LogP contribution in [-0.4, -0.2) is 30.0 Å². The molecule has 0 aliphatic heterocycles.